The van der Waals surface area contributed by atoms with Gasteiger partial charge in [0.05, 0.1) is 11.9 Å². The number of carbonyl (C=O) groups is 1. The second-order valence-electron chi connectivity index (χ2n) is 5.75. The number of hydrogen-bond donors (Lipinski definition) is 2. The summed E-state index contributed by atoms with van der Waals surface area (Å²) in [7, 11) is 0. The maximum atomic E-state index is 12.0. The molecule has 0 saturated carbocycles. The Kier molecular flexibility index (Phi) is 5.09. The molecule has 0 atom stereocenters. The van der Waals surface area contributed by atoms with Gasteiger partial charge in [0.2, 0.25) is 0 Å². The van der Waals surface area contributed by atoms with Crippen molar-refractivity contribution in [2.45, 2.75) is 25.7 Å². The van der Waals surface area contributed by atoms with Crippen molar-refractivity contribution in [3.63, 3.8) is 0 Å². The van der Waals surface area contributed by atoms with Gasteiger partial charge in [-0.3, -0.25) is 0 Å². The van der Waals surface area contributed by atoms with E-state index in [1.165, 1.54) is 25.7 Å². The van der Waals surface area contributed by atoms with E-state index in [4.69, 9.17) is 0 Å². The van der Waals surface area contributed by atoms with Gasteiger partial charge in [-0.05, 0) is 37.1 Å². The van der Waals surface area contributed by atoms with E-state index < -0.39 is 0 Å². The first-order valence-electron chi connectivity index (χ1n) is 8.15. The summed E-state index contributed by atoms with van der Waals surface area (Å²) < 4.78 is 0. The quantitative estimate of drug-likeness (QED) is 0.897. The fourth-order valence-electron chi connectivity index (χ4n) is 2.76. The third kappa shape index (κ3) is 4.45. The maximum absolute atomic E-state index is 12.0. The Hall–Kier alpha value is -2.56. The predicted octanol–water partition coefficient (Wildman–Crippen LogP) is 4.11. The van der Waals surface area contributed by atoms with E-state index in [0.717, 1.165) is 24.6 Å². The molecule has 2 heterocycles. The van der Waals surface area contributed by atoms with Crippen LogP contribution < -0.4 is 15.5 Å². The van der Waals surface area contributed by atoms with Crippen LogP contribution in [-0.2, 0) is 0 Å². The van der Waals surface area contributed by atoms with Gasteiger partial charge in [0.1, 0.15) is 5.82 Å². The van der Waals surface area contributed by atoms with Gasteiger partial charge >= 0.3 is 6.03 Å². The van der Waals surface area contributed by atoms with Gasteiger partial charge in [-0.25, -0.2) is 9.78 Å². The molecule has 1 fully saturated rings. The molecular formula is C18H22N4O. The normalized spacial score (nSPS) is 14.9. The zero-order valence-electron chi connectivity index (χ0n) is 13.2. The number of para-hydroxylation sites is 1. The zero-order chi connectivity index (χ0) is 15.9. The molecular weight excluding hydrogens is 288 g/mol. The highest BCUT2D eigenvalue weighted by Gasteiger charge is 2.11. The van der Waals surface area contributed by atoms with Crippen LogP contribution in [0.1, 0.15) is 25.7 Å². The number of benzene rings is 1. The summed E-state index contributed by atoms with van der Waals surface area (Å²) in [5.74, 6) is 0.987. The molecule has 23 heavy (non-hydrogen) atoms. The molecule has 1 aromatic carbocycles. The van der Waals surface area contributed by atoms with Gasteiger partial charge in [0.25, 0.3) is 0 Å². The summed E-state index contributed by atoms with van der Waals surface area (Å²) in [6.45, 7) is 2.13. The monoisotopic (exact) mass is 310 g/mol. The molecule has 5 nitrogen and oxygen atoms in total. The number of nitrogens with one attached hydrogen (secondary N) is 2. The van der Waals surface area contributed by atoms with E-state index in [-0.39, 0.29) is 6.03 Å². The van der Waals surface area contributed by atoms with Gasteiger partial charge in [-0.2, -0.15) is 0 Å². The molecule has 1 saturated heterocycles. The third-order valence-corrected chi connectivity index (χ3v) is 3.97. The Balaban J connectivity index is 1.57. The fraction of sp³-hybridized carbons (Fsp3) is 0.333. The Morgan fingerprint density at radius 2 is 1.57 bits per heavy atom. The van der Waals surface area contributed by atoms with Crippen LogP contribution in [0.25, 0.3) is 0 Å². The predicted molar refractivity (Wildman–Crippen MR) is 94.0 cm³/mol. The van der Waals surface area contributed by atoms with E-state index >= 15 is 0 Å². The van der Waals surface area contributed by atoms with E-state index in [0.29, 0.717) is 5.69 Å². The van der Waals surface area contributed by atoms with Crippen molar-refractivity contribution in [3.8, 4) is 0 Å². The molecule has 2 amide bonds. The third-order valence-electron chi connectivity index (χ3n) is 3.97. The van der Waals surface area contributed by atoms with Crippen molar-refractivity contribution in [3.05, 3.63) is 48.7 Å². The second kappa shape index (κ2) is 7.63. The first-order chi connectivity index (χ1) is 11.3. The molecule has 0 radical (unpaired) electrons. The smallest absolute Gasteiger partial charge is 0.323 e. The van der Waals surface area contributed by atoms with Crippen LogP contribution in [0.4, 0.5) is 22.0 Å². The van der Waals surface area contributed by atoms with E-state index in [1.807, 2.05) is 42.5 Å². The van der Waals surface area contributed by atoms with E-state index in [1.54, 1.807) is 6.20 Å². The number of nitrogens with zero attached hydrogens (tertiary/aromatic N) is 2. The molecule has 2 aromatic rings. The molecule has 3 rings (SSSR count). The minimum Gasteiger partial charge on any atom is -0.357 e. The van der Waals surface area contributed by atoms with Gasteiger partial charge in [-0.1, -0.05) is 31.0 Å². The van der Waals surface area contributed by atoms with Crippen LogP contribution in [-0.4, -0.2) is 24.1 Å². The van der Waals surface area contributed by atoms with Crippen LogP contribution >= 0.6 is 0 Å². The number of pyridine rings is 1. The Labute approximate surface area is 136 Å². The summed E-state index contributed by atoms with van der Waals surface area (Å²) in [4.78, 5) is 18.8. The molecule has 120 valence electrons. The highest BCUT2D eigenvalue weighted by atomic mass is 16.2. The van der Waals surface area contributed by atoms with Crippen LogP contribution in [0.15, 0.2) is 48.7 Å². The number of aromatic nitrogens is 1. The van der Waals surface area contributed by atoms with Crippen LogP contribution in [0, 0.1) is 0 Å². The summed E-state index contributed by atoms with van der Waals surface area (Å²) in [6.07, 6.45) is 6.76. The van der Waals surface area contributed by atoms with Crippen molar-refractivity contribution < 1.29 is 4.79 Å². The van der Waals surface area contributed by atoms with Crippen molar-refractivity contribution in [1.82, 2.24) is 4.98 Å². The lowest BCUT2D eigenvalue weighted by Crippen LogP contribution is -2.25. The largest absolute Gasteiger partial charge is 0.357 e. The SMILES string of the molecule is O=C(Nc1ccccc1)Nc1ccc(N2CCCCCC2)nc1. The maximum Gasteiger partial charge on any atom is 0.323 e. The van der Waals surface area contributed by atoms with E-state index in [2.05, 4.69) is 20.5 Å². The molecule has 1 aromatic heterocycles. The minimum atomic E-state index is -0.263. The standard InChI is InChI=1S/C18H22N4O/c23-18(20-15-8-4-3-5-9-15)21-16-10-11-17(19-14-16)22-12-6-1-2-7-13-22/h3-5,8-11,14H,1-2,6-7,12-13H2,(H2,20,21,23). The van der Waals surface area contributed by atoms with Crippen LogP contribution in [0.3, 0.4) is 0 Å². The van der Waals surface area contributed by atoms with Gasteiger partial charge in [0, 0.05) is 18.8 Å². The lowest BCUT2D eigenvalue weighted by molar-refractivity contribution is 0.262. The first kappa shape index (κ1) is 15.3. The second-order valence-corrected chi connectivity index (χ2v) is 5.75. The number of carbonyl (C=O) groups excluding carboxylic acids is 1. The van der Waals surface area contributed by atoms with Crippen LogP contribution in [0.5, 0.6) is 0 Å². The fourth-order valence-corrected chi connectivity index (χ4v) is 2.76. The number of rotatable bonds is 3. The molecule has 1 aliphatic heterocycles. The summed E-state index contributed by atoms with van der Waals surface area (Å²) in [5.41, 5.74) is 1.45. The van der Waals surface area contributed by atoms with Crippen molar-refractivity contribution in [2.24, 2.45) is 0 Å². The zero-order valence-corrected chi connectivity index (χ0v) is 13.2. The number of urea groups is 1. The molecule has 5 heteroatoms. The van der Waals surface area contributed by atoms with Crippen molar-refractivity contribution in [1.29, 1.82) is 0 Å². The Bertz CT molecular complexity index is 619. The summed E-state index contributed by atoms with van der Waals surface area (Å²) in [5, 5.41) is 5.59. The average Bonchev–Trinajstić information content (AvgIpc) is 2.86. The topological polar surface area (TPSA) is 57.3 Å². The number of amides is 2. The molecule has 0 spiro atoms. The van der Waals surface area contributed by atoms with Gasteiger partial charge in [0.15, 0.2) is 0 Å². The van der Waals surface area contributed by atoms with E-state index in [9.17, 15) is 4.79 Å². The molecule has 0 bridgehead atoms. The molecule has 2 N–H and O–H groups in total. The molecule has 0 unspecified atom stereocenters. The Morgan fingerprint density at radius 1 is 0.870 bits per heavy atom. The number of hydrogen-bond acceptors (Lipinski definition) is 3. The number of anilines is 3. The molecule has 1 aliphatic rings. The van der Waals surface area contributed by atoms with Gasteiger partial charge < -0.3 is 15.5 Å². The summed E-state index contributed by atoms with van der Waals surface area (Å²) >= 11 is 0. The van der Waals surface area contributed by atoms with Crippen molar-refractivity contribution >= 4 is 23.2 Å². The lowest BCUT2D eigenvalue weighted by Gasteiger charge is -2.21. The van der Waals surface area contributed by atoms with Crippen LogP contribution in [0.2, 0.25) is 0 Å². The first-order valence-corrected chi connectivity index (χ1v) is 8.15. The van der Waals surface area contributed by atoms with Gasteiger partial charge in [-0.15, -0.1) is 0 Å². The lowest BCUT2D eigenvalue weighted by atomic mass is 10.2. The summed E-state index contributed by atoms with van der Waals surface area (Å²) in [6, 6.07) is 13.0. The Morgan fingerprint density at radius 3 is 2.22 bits per heavy atom. The molecule has 0 aliphatic carbocycles. The average molecular weight is 310 g/mol. The minimum absolute atomic E-state index is 0.263. The van der Waals surface area contributed by atoms with Crippen molar-refractivity contribution in [2.75, 3.05) is 28.6 Å². The highest BCUT2D eigenvalue weighted by molar-refractivity contribution is 5.99. The highest BCUT2D eigenvalue weighted by Crippen LogP contribution is 2.19.